The predicted octanol–water partition coefficient (Wildman–Crippen LogP) is 2.41. The highest BCUT2D eigenvalue weighted by Crippen LogP contribution is 2.48. The van der Waals surface area contributed by atoms with E-state index in [-0.39, 0.29) is 5.91 Å². The molecule has 0 bridgehead atoms. The molecule has 6 heteroatoms. The van der Waals surface area contributed by atoms with Crippen molar-refractivity contribution in [3.05, 3.63) is 54.1 Å². The lowest BCUT2D eigenvalue weighted by molar-refractivity contribution is -0.118. The zero-order valence-electron chi connectivity index (χ0n) is 12.7. The zero-order valence-corrected chi connectivity index (χ0v) is 12.7. The van der Waals surface area contributed by atoms with E-state index in [1.807, 2.05) is 42.5 Å². The third kappa shape index (κ3) is 2.23. The molecular weight excluding hydrogens is 292 g/mol. The van der Waals surface area contributed by atoms with E-state index in [9.17, 15) is 4.79 Å². The fourth-order valence-electron chi connectivity index (χ4n) is 2.84. The van der Waals surface area contributed by atoms with Crippen molar-refractivity contribution in [2.45, 2.75) is 18.3 Å². The van der Waals surface area contributed by atoms with Gasteiger partial charge in [0.2, 0.25) is 17.7 Å². The number of carbonyl (C=O) groups is 1. The van der Waals surface area contributed by atoms with Gasteiger partial charge in [0.15, 0.2) is 5.65 Å². The molecular formula is C17H16N4O2. The highest BCUT2D eigenvalue weighted by Gasteiger charge is 2.51. The number of nitrogens with one attached hydrogen (secondary N) is 1. The number of hydrogen-bond donors (Lipinski definition) is 1. The van der Waals surface area contributed by atoms with Crippen molar-refractivity contribution in [2.75, 3.05) is 12.4 Å². The van der Waals surface area contributed by atoms with Crippen molar-refractivity contribution in [1.82, 2.24) is 14.6 Å². The summed E-state index contributed by atoms with van der Waals surface area (Å²) in [5.41, 5.74) is 1.23. The molecule has 116 valence electrons. The Bertz CT molecular complexity index is 869. The number of fused-ring (bicyclic) bond motifs is 1. The Kier molecular flexibility index (Phi) is 3.04. The van der Waals surface area contributed by atoms with E-state index >= 15 is 0 Å². The lowest BCUT2D eigenvalue weighted by Crippen LogP contribution is -2.28. The Balaban J connectivity index is 1.62. The van der Waals surface area contributed by atoms with Gasteiger partial charge in [0, 0.05) is 6.07 Å². The molecule has 3 aromatic rings. The van der Waals surface area contributed by atoms with Crippen LogP contribution in [0.25, 0.3) is 5.65 Å². The molecule has 0 atom stereocenters. The summed E-state index contributed by atoms with van der Waals surface area (Å²) in [5.74, 6) is 0.806. The number of pyridine rings is 1. The molecule has 0 radical (unpaired) electrons. The largest absolute Gasteiger partial charge is 0.481 e. The minimum absolute atomic E-state index is 0.0569. The average Bonchev–Trinajstić information content (AvgIpc) is 3.30. The van der Waals surface area contributed by atoms with Gasteiger partial charge < -0.3 is 4.74 Å². The summed E-state index contributed by atoms with van der Waals surface area (Å²) in [6.07, 6.45) is 1.69. The normalized spacial score (nSPS) is 15.3. The van der Waals surface area contributed by atoms with Gasteiger partial charge in [-0.05, 0) is 24.5 Å². The van der Waals surface area contributed by atoms with Crippen LogP contribution >= 0.6 is 0 Å². The second-order valence-corrected chi connectivity index (χ2v) is 5.68. The Morgan fingerprint density at radius 3 is 2.65 bits per heavy atom. The highest BCUT2D eigenvalue weighted by molar-refractivity contribution is 6.00. The second kappa shape index (κ2) is 5.08. The van der Waals surface area contributed by atoms with Gasteiger partial charge in [-0.15, -0.1) is 5.10 Å². The first-order chi connectivity index (χ1) is 11.2. The van der Waals surface area contributed by atoms with E-state index in [1.165, 1.54) is 0 Å². The number of aromatic nitrogens is 3. The number of methoxy groups -OCH3 is 1. The number of ether oxygens (including phenoxy) is 1. The summed E-state index contributed by atoms with van der Waals surface area (Å²) in [6, 6.07) is 15.3. The smallest absolute Gasteiger partial charge is 0.249 e. The first-order valence-electron chi connectivity index (χ1n) is 7.50. The molecule has 1 saturated carbocycles. The molecule has 2 aromatic heterocycles. The van der Waals surface area contributed by atoms with Gasteiger partial charge in [-0.25, -0.2) is 0 Å². The van der Waals surface area contributed by atoms with E-state index in [4.69, 9.17) is 4.74 Å². The van der Waals surface area contributed by atoms with Crippen LogP contribution in [0.1, 0.15) is 18.4 Å². The maximum Gasteiger partial charge on any atom is 0.249 e. The van der Waals surface area contributed by atoms with E-state index < -0.39 is 5.41 Å². The Hall–Kier alpha value is -2.89. The fourth-order valence-corrected chi connectivity index (χ4v) is 2.84. The summed E-state index contributed by atoms with van der Waals surface area (Å²) in [5, 5.41) is 7.15. The first-order valence-corrected chi connectivity index (χ1v) is 7.50. The monoisotopic (exact) mass is 308 g/mol. The SMILES string of the molecule is COc1cccc2nc(NC(=O)C3(c4ccccc4)CC3)nn12. The molecule has 0 saturated heterocycles. The second-order valence-electron chi connectivity index (χ2n) is 5.68. The lowest BCUT2D eigenvalue weighted by atomic mass is 9.95. The van der Waals surface area contributed by atoms with Crippen molar-refractivity contribution >= 4 is 17.5 Å². The molecule has 4 rings (SSSR count). The van der Waals surface area contributed by atoms with Gasteiger partial charge in [-0.2, -0.15) is 9.50 Å². The average molecular weight is 308 g/mol. The number of hydrogen-bond acceptors (Lipinski definition) is 4. The summed E-state index contributed by atoms with van der Waals surface area (Å²) in [4.78, 5) is 17.0. The van der Waals surface area contributed by atoms with Gasteiger partial charge in [-0.3, -0.25) is 10.1 Å². The molecule has 2 heterocycles. The quantitative estimate of drug-likeness (QED) is 0.803. The maximum atomic E-state index is 12.7. The number of amides is 1. The molecule has 0 unspecified atom stereocenters. The van der Waals surface area contributed by atoms with Crippen LogP contribution in [0.2, 0.25) is 0 Å². The van der Waals surface area contributed by atoms with Crippen LogP contribution in [0.4, 0.5) is 5.95 Å². The van der Waals surface area contributed by atoms with Crippen molar-refractivity contribution in [1.29, 1.82) is 0 Å². The zero-order chi connectivity index (χ0) is 15.9. The molecule has 0 aliphatic heterocycles. The number of benzene rings is 1. The van der Waals surface area contributed by atoms with Crippen molar-refractivity contribution in [3.63, 3.8) is 0 Å². The minimum atomic E-state index is -0.442. The summed E-state index contributed by atoms with van der Waals surface area (Å²) >= 11 is 0. The standard InChI is InChI=1S/C17H16N4O2/c1-23-14-9-5-8-13-18-16(20-21(13)14)19-15(22)17(10-11-17)12-6-3-2-4-7-12/h2-9H,10-11H2,1H3,(H,19,20,22). The molecule has 1 amide bonds. The molecule has 1 aliphatic rings. The minimum Gasteiger partial charge on any atom is -0.481 e. The van der Waals surface area contributed by atoms with Gasteiger partial charge in [-0.1, -0.05) is 36.4 Å². The first kappa shape index (κ1) is 13.8. The fraction of sp³-hybridized carbons (Fsp3) is 0.235. The predicted molar refractivity (Wildman–Crippen MR) is 85.5 cm³/mol. The van der Waals surface area contributed by atoms with Crippen LogP contribution in [0.15, 0.2) is 48.5 Å². The number of rotatable bonds is 4. The van der Waals surface area contributed by atoms with Crippen LogP contribution in [-0.2, 0) is 10.2 Å². The van der Waals surface area contributed by atoms with Crippen LogP contribution in [0.5, 0.6) is 5.88 Å². The molecule has 0 spiro atoms. The van der Waals surface area contributed by atoms with Crippen molar-refractivity contribution in [3.8, 4) is 5.88 Å². The Morgan fingerprint density at radius 1 is 1.17 bits per heavy atom. The van der Waals surface area contributed by atoms with Crippen LogP contribution in [0.3, 0.4) is 0 Å². The van der Waals surface area contributed by atoms with E-state index in [0.717, 1.165) is 18.4 Å². The number of anilines is 1. The molecule has 1 aliphatic carbocycles. The van der Waals surface area contributed by atoms with Gasteiger partial charge >= 0.3 is 0 Å². The topological polar surface area (TPSA) is 68.5 Å². The van der Waals surface area contributed by atoms with E-state index in [1.54, 1.807) is 17.7 Å². The summed E-state index contributed by atoms with van der Waals surface area (Å²) < 4.78 is 6.81. The highest BCUT2D eigenvalue weighted by atomic mass is 16.5. The van der Waals surface area contributed by atoms with E-state index in [2.05, 4.69) is 15.4 Å². The van der Waals surface area contributed by atoms with Gasteiger partial charge in [0.1, 0.15) is 0 Å². The third-order valence-corrected chi connectivity index (χ3v) is 4.27. The van der Waals surface area contributed by atoms with Gasteiger partial charge in [0.05, 0.1) is 12.5 Å². The molecule has 6 nitrogen and oxygen atoms in total. The van der Waals surface area contributed by atoms with Gasteiger partial charge in [0.25, 0.3) is 0 Å². The van der Waals surface area contributed by atoms with Crippen LogP contribution in [0, 0.1) is 0 Å². The van der Waals surface area contributed by atoms with Crippen molar-refractivity contribution in [2.24, 2.45) is 0 Å². The Morgan fingerprint density at radius 2 is 1.96 bits per heavy atom. The maximum absolute atomic E-state index is 12.7. The molecule has 1 fully saturated rings. The Labute approximate surface area is 133 Å². The lowest BCUT2D eigenvalue weighted by Gasteiger charge is -2.13. The van der Waals surface area contributed by atoms with E-state index in [0.29, 0.717) is 17.5 Å². The summed E-state index contributed by atoms with van der Waals surface area (Å²) in [7, 11) is 1.57. The molecule has 1 N–H and O–H groups in total. The third-order valence-electron chi connectivity index (χ3n) is 4.27. The van der Waals surface area contributed by atoms with Crippen molar-refractivity contribution < 1.29 is 9.53 Å². The van der Waals surface area contributed by atoms with Crippen LogP contribution in [-0.4, -0.2) is 27.6 Å². The molecule has 23 heavy (non-hydrogen) atoms. The number of nitrogens with zero attached hydrogens (tertiary/aromatic N) is 3. The summed E-state index contributed by atoms with van der Waals surface area (Å²) in [6.45, 7) is 0. The van der Waals surface area contributed by atoms with Crippen LogP contribution < -0.4 is 10.1 Å². The molecule has 1 aromatic carbocycles. The number of carbonyl (C=O) groups excluding carboxylic acids is 1.